The molecule has 0 bridgehead atoms. The molecule has 0 N–H and O–H groups in total. The van der Waals surface area contributed by atoms with Crippen molar-refractivity contribution in [3.8, 4) is 0 Å². The Balaban J connectivity index is 2.30. The van der Waals surface area contributed by atoms with Gasteiger partial charge in [-0.25, -0.2) is 4.79 Å². The minimum Gasteiger partial charge on any atom is -0.493 e. The van der Waals surface area contributed by atoms with Crippen LogP contribution in [0.3, 0.4) is 0 Å². The van der Waals surface area contributed by atoms with Crippen LogP contribution < -0.4 is 5.63 Å². The molecule has 1 aliphatic heterocycles. The van der Waals surface area contributed by atoms with Crippen LogP contribution in [0.1, 0.15) is 18.2 Å². The summed E-state index contributed by atoms with van der Waals surface area (Å²) in [4.78, 5) is 11.2. The van der Waals surface area contributed by atoms with Crippen LogP contribution in [-0.4, -0.2) is 6.10 Å². The van der Waals surface area contributed by atoms with Gasteiger partial charge >= 0.3 is 5.63 Å². The van der Waals surface area contributed by atoms with E-state index in [1.165, 1.54) is 6.07 Å². The SMILES string of the molecule is CC12C=COC1C=Cc1ccc(=O)oc12. The molecular weight excluding hydrogens is 192 g/mol. The van der Waals surface area contributed by atoms with E-state index in [9.17, 15) is 4.79 Å². The smallest absolute Gasteiger partial charge is 0.335 e. The van der Waals surface area contributed by atoms with Gasteiger partial charge in [0.05, 0.1) is 11.7 Å². The van der Waals surface area contributed by atoms with Crippen LogP contribution in [0.2, 0.25) is 0 Å². The molecule has 3 rings (SSSR count). The first-order chi connectivity index (χ1) is 7.20. The van der Waals surface area contributed by atoms with Crippen molar-refractivity contribution in [3.05, 3.63) is 52.3 Å². The van der Waals surface area contributed by atoms with E-state index >= 15 is 0 Å². The molecule has 3 nitrogen and oxygen atoms in total. The van der Waals surface area contributed by atoms with Crippen LogP contribution in [0.5, 0.6) is 0 Å². The van der Waals surface area contributed by atoms with Crippen molar-refractivity contribution in [1.82, 2.24) is 0 Å². The fourth-order valence-electron chi connectivity index (χ4n) is 2.12. The standard InChI is InChI=1S/C12H10O3/c1-12-6-7-14-9(12)4-2-8-3-5-10(13)15-11(8)12/h2-7,9H,1H3. The molecule has 0 radical (unpaired) electrons. The van der Waals surface area contributed by atoms with E-state index in [2.05, 4.69) is 0 Å². The monoisotopic (exact) mass is 202 g/mol. The predicted octanol–water partition coefficient (Wildman–Crippen LogP) is 1.84. The fraction of sp³-hybridized carbons (Fsp3) is 0.250. The van der Waals surface area contributed by atoms with E-state index in [1.54, 1.807) is 12.3 Å². The molecule has 0 fully saturated rings. The van der Waals surface area contributed by atoms with Crippen molar-refractivity contribution in [2.24, 2.45) is 0 Å². The van der Waals surface area contributed by atoms with Gasteiger partial charge in [0, 0.05) is 11.6 Å². The fourth-order valence-corrected chi connectivity index (χ4v) is 2.12. The van der Waals surface area contributed by atoms with E-state index in [1.807, 2.05) is 25.2 Å². The second-order valence-corrected chi connectivity index (χ2v) is 4.04. The van der Waals surface area contributed by atoms with Crippen molar-refractivity contribution >= 4 is 6.08 Å². The average Bonchev–Trinajstić information content (AvgIpc) is 2.60. The van der Waals surface area contributed by atoms with Crippen molar-refractivity contribution in [2.45, 2.75) is 18.4 Å². The third-order valence-electron chi connectivity index (χ3n) is 3.03. The highest BCUT2D eigenvalue weighted by Crippen LogP contribution is 2.40. The molecular formula is C12H10O3. The second kappa shape index (κ2) is 2.63. The second-order valence-electron chi connectivity index (χ2n) is 4.04. The molecule has 0 saturated carbocycles. The molecule has 1 aromatic heterocycles. The molecule has 3 heteroatoms. The molecule has 0 saturated heterocycles. The third-order valence-corrected chi connectivity index (χ3v) is 3.03. The van der Waals surface area contributed by atoms with Gasteiger partial charge in [-0.3, -0.25) is 0 Å². The Kier molecular flexibility index (Phi) is 1.49. The number of ether oxygens (including phenoxy) is 1. The summed E-state index contributed by atoms with van der Waals surface area (Å²) in [5.74, 6) is 0.691. The van der Waals surface area contributed by atoms with Crippen LogP contribution in [0.25, 0.3) is 6.08 Å². The summed E-state index contributed by atoms with van der Waals surface area (Å²) >= 11 is 0. The lowest BCUT2D eigenvalue weighted by Gasteiger charge is -2.29. The zero-order valence-electron chi connectivity index (χ0n) is 8.27. The zero-order chi connectivity index (χ0) is 10.5. The molecule has 2 aliphatic rings. The lowest BCUT2D eigenvalue weighted by Crippen LogP contribution is -2.34. The summed E-state index contributed by atoms with van der Waals surface area (Å²) < 4.78 is 10.7. The Morgan fingerprint density at radius 1 is 1.40 bits per heavy atom. The van der Waals surface area contributed by atoms with Crippen LogP contribution in [0.4, 0.5) is 0 Å². The molecule has 0 amide bonds. The maximum atomic E-state index is 11.2. The van der Waals surface area contributed by atoms with Gasteiger partial charge in [0.15, 0.2) is 0 Å². The summed E-state index contributed by atoms with van der Waals surface area (Å²) in [6.07, 6.45) is 7.45. The highest BCUT2D eigenvalue weighted by atomic mass is 16.5. The Bertz CT molecular complexity index is 524. The maximum absolute atomic E-state index is 11.2. The molecule has 2 atom stereocenters. The summed E-state index contributed by atoms with van der Waals surface area (Å²) in [6.45, 7) is 2.01. The highest BCUT2D eigenvalue weighted by Gasteiger charge is 2.43. The molecule has 0 aromatic carbocycles. The van der Waals surface area contributed by atoms with Crippen molar-refractivity contribution in [1.29, 1.82) is 0 Å². The number of hydrogen-bond acceptors (Lipinski definition) is 3. The largest absolute Gasteiger partial charge is 0.493 e. The Morgan fingerprint density at radius 3 is 3.13 bits per heavy atom. The van der Waals surface area contributed by atoms with Gasteiger partial charge in [0.2, 0.25) is 0 Å². The molecule has 2 heterocycles. The Morgan fingerprint density at radius 2 is 2.27 bits per heavy atom. The van der Waals surface area contributed by atoms with Crippen LogP contribution in [0.15, 0.2) is 39.8 Å². The number of fused-ring (bicyclic) bond motifs is 3. The molecule has 2 unspecified atom stereocenters. The lowest BCUT2D eigenvalue weighted by molar-refractivity contribution is 0.150. The molecule has 1 aromatic rings. The van der Waals surface area contributed by atoms with E-state index in [0.29, 0.717) is 5.76 Å². The van der Waals surface area contributed by atoms with Crippen LogP contribution >= 0.6 is 0 Å². The van der Waals surface area contributed by atoms with Gasteiger partial charge in [0.1, 0.15) is 11.9 Å². The summed E-state index contributed by atoms with van der Waals surface area (Å²) in [7, 11) is 0. The van der Waals surface area contributed by atoms with Gasteiger partial charge in [-0.15, -0.1) is 0 Å². The molecule has 76 valence electrons. The molecule has 1 aliphatic carbocycles. The zero-order valence-corrected chi connectivity index (χ0v) is 8.27. The number of hydrogen-bond donors (Lipinski definition) is 0. The first-order valence-electron chi connectivity index (χ1n) is 4.86. The van der Waals surface area contributed by atoms with Crippen LogP contribution in [0, 0.1) is 0 Å². The Hall–Kier alpha value is -1.77. The first-order valence-corrected chi connectivity index (χ1v) is 4.86. The van der Waals surface area contributed by atoms with Crippen molar-refractivity contribution < 1.29 is 9.15 Å². The normalized spacial score (nSPS) is 30.9. The molecule has 15 heavy (non-hydrogen) atoms. The molecule has 0 spiro atoms. The van der Waals surface area contributed by atoms with Crippen LogP contribution in [-0.2, 0) is 10.2 Å². The van der Waals surface area contributed by atoms with E-state index < -0.39 is 0 Å². The van der Waals surface area contributed by atoms with E-state index in [0.717, 1.165) is 5.56 Å². The third kappa shape index (κ3) is 1.03. The maximum Gasteiger partial charge on any atom is 0.335 e. The topological polar surface area (TPSA) is 39.4 Å². The van der Waals surface area contributed by atoms with Gasteiger partial charge in [-0.2, -0.15) is 0 Å². The minimum atomic E-state index is -0.343. The van der Waals surface area contributed by atoms with E-state index in [-0.39, 0.29) is 17.1 Å². The van der Waals surface area contributed by atoms with Gasteiger partial charge < -0.3 is 9.15 Å². The van der Waals surface area contributed by atoms with Crippen molar-refractivity contribution in [2.75, 3.05) is 0 Å². The van der Waals surface area contributed by atoms with Gasteiger partial charge in [-0.1, -0.05) is 6.08 Å². The van der Waals surface area contributed by atoms with Gasteiger partial charge in [-0.05, 0) is 25.1 Å². The quantitative estimate of drug-likeness (QED) is 0.644. The summed E-state index contributed by atoms with van der Waals surface area (Å²) in [6, 6.07) is 3.22. The minimum absolute atomic E-state index is 0.0597. The van der Waals surface area contributed by atoms with Gasteiger partial charge in [0.25, 0.3) is 0 Å². The highest BCUT2D eigenvalue weighted by molar-refractivity contribution is 5.59. The summed E-state index contributed by atoms with van der Waals surface area (Å²) in [5, 5.41) is 0. The van der Waals surface area contributed by atoms with E-state index in [4.69, 9.17) is 9.15 Å². The summed E-state index contributed by atoms with van der Waals surface area (Å²) in [5.41, 5.74) is 0.289. The number of rotatable bonds is 0. The average molecular weight is 202 g/mol. The Labute approximate surface area is 86.7 Å². The lowest BCUT2D eigenvalue weighted by atomic mass is 9.77. The predicted molar refractivity (Wildman–Crippen MR) is 55.4 cm³/mol. The van der Waals surface area contributed by atoms with Crippen molar-refractivity contribution in [3.63, 3.8) is 0 Å². The first kappa shape index (κ1) is 8.53.